The highest BCUT2D eigenvalue weighted by molar-refractivity contribution is 8.76. The highest BCUT2D eigenvalue weighted by Crippen LogP contribution is 2.41. The molecule has 80 valence electrons. The van der Waals surface area contributed by atoms with Crippen molar-refractivity contribution in [2.75, 3.05) is 5.75 Å². The van der Waals surface area contributed by atoms with E-state index in [-0.39, 0.29) is 0 Å². The largest absolute Gasteiger partial charge is 0.191 e. The molecule has 0 heterocycles. The molecule has 0 aromatic heterocycles. The number of alkyl halides is 3. The number of hydrogen-bond donors (Lipinski definition) is 0. The molecule has 0 unspecified atom stereocenters. The Balaban J connectivity index is 3.95. The van der Waals surface area contributed by atoms with E-state index >= 15 is 0 Å². The summed E-state index contributed by atoms with van der Waals surface area (Å²) in [5.41, 5.74) is 0. The molecule has 0 amide bonds. The van der Waals surface area contributed by atoms with Crippen LogP contribution in [-0.2, 0) is 0 Å². The van der Waals surface area contributed by atoms with Crippen LogP contribution in [0.1, 0.15) is 27.2 Å². The molecule has 0 aliphatic heterocycles. The maximum Gasteiger partial charge on any atom is 0.191 e. The summed E-state index contributed by atoms with van der Waals surface area (Å²) in [5.74, 6) is 1.63. The van der Waals surface area contributed by atoms with Gasteiger partial charge in [-0.3, -0.25) is 0 Å². The van der Waals surface area contributed by atoms with Crippen LogP contribution in [0.25, 0.3) is 0 Å². The number of rotatable bonds is 5. The molecular formula is C8H15Cl3S2. The average Bonchev–Trinajstić information content (AvgIpc) is 1.95. The predicted molar refractivity (Wildman–Crippen MR) is 69.3 cm³/mol. The van der Waals surface area contributed by atoms with Gasteiger partial charge in [-0.1, -0.05) is 77.2 Å². The van der Waals surface area contributed by atoms with Crippen LogP contribution in [0, 0.1) is 5.92 Å². The summed E-state index contributed by atoms with van der Waals surface area (Å²) in [4.78, 5) is 0. The lowest BCUT2D eigenvalue weighted by atomic mass is 10.1. The quantitative estimate of drug-likeness (QED) is 0.503. The zero-order chi connectivity index (χ0) is 10.5. The molecule has 0 fully saturated rings. The lowest BCUT2D eigenvalue weighted by Gasteiger charge is -2.23. The van der Waals surface area contributed by atoms with E-state index in [2.05, 4.69) is 20.8 Å². The van der Waals surface area contributed by atoms with Crippen LogP contribution in [0.15, 0.2) is 0 Å². The molecule has 0 rings (SSSR count). The van der Waals surface area contributed by atoms with Crippen molar-refractivity contribution in [3.63, 3.8) is 0 Å². The van der Waals surface area contributed by atoms with Crippen LogP contribution >= 0.6 is 56.4 Å². The van der Waals surface area contributed by atoms with Gasteiger partial charge in [-0.05, 0) is 5.92 Å². The first-order valence-corrected chi connectivity index (χ1v) is 7.73. The van der Waals surface area contributed by atoms with Gasteiger partial charge in [0.05, 0.1) is 0 Å². The van der Waals surface area contributed by atoms with Crippen molar-refractivity contribution in [2.24, 2.45) is 5.92 Å². The lowest BCUT2D eigenvalue weighted by molar-refractivity contribution is 0.581. The zero-order valence-electron chi connectivity index (χ0n) is 8.02. The molecule has 0 aromatic rings. The van der Waals surface area contributed by atoms with Crippen LogP contribution in [0.3, 0.4) is 0 Å². The van der Waals surface area contributed by atoms with E-state index in [1.54, 1.807) is 0 Å². The second-order valence-corrected chi connectivity index (χ2v) is 8.52. The summed E-state index contributed by atoms with van der Waals surface area (Å²) in [6, 6.07) is 0. The van der Waals surface area contributed by atoms with Crippen molar-refractivity contribution in [3.8, 4) is 0 Å². The van der Waals surface area contributed by atoms with Crippen LogP contribution in [0.2, 0.25) is 0 Å². The van der Waals surface area contributed by atoms with E-state index in [9.17, 15) is 0 Å². The SMILES string of the molecule is CCSS[C@H](CC(Cl)(Cl)Cl)C(C)C. The fourth-order valence-electron chi connectivity index (χ4n) is 0.764. The molecule has 0 N–H and O–H groups in total. The summed E-state index contributed by atoms with van der Waals surface area (Å²) >= 11 is 17.3. The molecule has 13 heavy (non-hydrogen) atoms. The van der Waals surface area contributed by atoms with Crippen molar-refractivity contribution < 1.29 is 0 Å². The second-order valence-electron chi connectivity index (χ2n) is 3.10. The fourth-order valence-corrected chi connectivity index (χ4v) is 4.19. The van der Waals surface area contributed by atoms with E-state index in [1.807, 2.05) is 21.6 Å². The Hall–Kier alpha value is 1.57. The summed E-state index contributed by atoms with van der Waals surface area (Å²) in [7, 11) is 3.65. The van der Waals surface area contributed by atoms with Gasteiger partial charge in [0.1, 0.15) is 0 Å². The first-order chi connectivity index (χ1) is 5.87. The Morgan fingerprint density at radius 2 is 1.77 bits per heavy atom. The first kappa shape index (κ1) is 14.6. The highest BCUT2D eigenvalue weighted by atomic mass is 35.6. The van der Waals surface area contributed by atoms with Gasteiger partial charge in [0.25, 0.3) is 0 Å². The predicted octanol–water partition coefficient (Wildman–Crippen LogP) is 5.17. The first-order valence-electron chi connectivity index (χ1n) is 4.21. The topological polar surface area (TPSA) is 0 Å². The van der Waals surface area contributed by atoms with Gasteiger partial charge in [0.15, 0.2) is 3.79 Å². The average molecular weight is 282 g/mol. The minimum atomic E-state index is -1.11. The molecule has 0 aromatic carbocycles. The molecular weight excluding hydrogens is 267 g/mol. The van der Waals surface area contributed by atoms with E-state index in [0.29, 0.717) is 17.6 Å². The van der Waals surface area contributed by atoms with Gasteiger partial charge in [-0.15, -0.1) is 0 Å². The molecule has 0 bridgehead atoms. The Labute approximate surface area is 104 Å². The van der Waals surface area contributed by atoms with E-state index < -0.39 is 3.79 Å². The van der Waals surface area contributed by atoms with Gasteiger partial charge in [0, 0.05) is 17.4 Å². The molecule has 0 aliphatic carbocycles. The van der Waals surface area contributed by atoms with Gasteiger partial charge in [-0.25, -0.2) is 0 Å². The second kappa shape index (κ2) is 6.95. The van der Waals surface area contributed by atoms with E-state index in [1.165, 1.54) is 0 Å². The van der Waals surface area contributed by atoms with Crippen molar-refractivity contribution in [1.82, 2.24) is 0 Å². The normalized spacial score (nSPS) is 15.0. The Morgan fingerprint density at radius 3 is 2.08 bits per heavy atom. The fraction of sp³-hybridized carbons (Fsp3) is 1.00. The minimum Gasteiger partial charge on any atom is -0.0942 e. The summed E-state index contributed by atoms with van der Waals surface area (Å²) in [5, 5.41) is 0.414. The maximum absolute atomic E-state index is 5.76. The Morgan fingerprint density at radius 1 is 1.23 bits per heavy atom. The standard InChI is InChI=1S/C8H15Cl3S2/c1-4-12-13-7(6(2)3)5-8(9,10)11/h6-7H,4-5H2,1-3H3/t7-/m1/s1. The van der Waals surface area contributed by atoms with E-state index in [0.717, 1.165) is 5.75 Å². The third kappa shape index (κ3) is 8.56. The minimum absolute atomic E-state index is 0.414. The van der Waals surface area contributed by atoms with E-state index in [4.69, 9.17) is 34.8 Å². The van der Waals surface area contributed by atoms with Gasteiger partial charge < -0.3 is 0 Å². The zero-order valence-corrected chi connectivity index (χ0v) is 11.9. The van der Waals surface area contributed by atoms with Crippen molar-refractivity contribution in [2.45, 2.75) is 36.2 Å². The van der Waals surface area contributed by atoms with Crippen molar-refractivity contribution in [1.29, 1.82) is 0 Å². The summed E-state index contributed by atoms with van der Waals surface area (Å²) in [6.07, 6.45) is 0.618. The monoisotopic (exact) mass is 280 g/mol. The lowest BCUT2D eigenvalue weighted by Crippen LogP contribution is -2.18. The molecule has 0 radical (unpaired) electrons. The number of halogens is 3. The van der Waals surface area contributed by atoms with Crippen molar-refractivity contribution >= 4 is 56.4 Å². The third-order valence-electron chi connectivity index (χ3n) is 1.49. The maximum atomic E-state index is 5.76. The molecule has 0 saturated carbocycles. The molecule has 0 saturated heterocycles. The van der Waals surface area contributed by atoms with Crippen molar-refractivity contribution in [3.05, 3.63) is 0 Å². The molecule has 5 heteroatoms. The summed E-state index contributed by atoms with van der Waals surface area (Å²) < 4.78 is -1.11. The van der Waals surface area contributed by atoms with Gasteiger partial charge >= 0.3 is 0 Å². The Kier molecular flexibility index (Phi) is 7.78. The molecule has 0 aliphatic rings. The highest BCUT2D eigenvalue weighted by Gasteiger charge is 2.27. The third-order valence-corrected chi connectivity index (χ3v) is 5.14. The van der Waals surface area contributed by atoms with Crippen LogP contribution < -0.4 is 0 Å². The van der Waals surface area contributed by atoms with Gasteiger partial charge in [0.2, 0.25) is 0 Å². The van der Waals surface area contributed by atoms with Crippen LogP contribution in [0.5, 0.6) is 0 Å². The molecule has 0 spiro atoms. The van der Waals surface area contributed by atoms with Gasteiger partial charge in [-0.2, -0.15) is 0 Å². The summed E-state index contributed by atoms with van der Waals surface area (Å²) in [6.45, 7) is 6.44. The van der Waals surface area contributed by atoms with Crippen LogP contribution in [0.4, 0.5) is 0 Å². The molecule has 0 nitrogen and oxygen atoms in total. The Bertz CT molecular complexity index is 134. The smallest absolute Gasteiger partial charge is 0.0942 e. The van der Waals surface area contributed by atoms with Crippen LogP contribution in [-0.4, -0.2) is 14.8 Å². The number of hydrogen-bond acceptors (Lipinski definition) is 2. The molecule has 1 atom stereocenters.